The number of nitrogens with zero attached hydrogens (tertiary/aromatic N) is 1. The van der Waals surface area contributed by atoms with Gasteiger partial charge in [-0.15, -0.1) is 0 Å². The second-order valence-corrected chi connectivity index (χ2v) is 4.93. The maximum absolute atomic E-state index is 12.6. The molecule has 0 heterocycles. The van der Waals surface area contributed by atoms with E-state index in [2.05, 4.69) is 19.2 Å². The minimum atomic E-state index is 0.124. The summed E-state index contributed by atoms with van der Waals surface area (Å²) in [4.78, 5) is 14.5. The molecule has 0 aliphatic rings. The van der Waals surface area contributed by atoms with Crippen LogP contribution in [0.2, 0.25) is 0 Å². The Morgan fingerprint density at radius 1 is 1.26 bits per heavy atom. The van der Waals surface area contributed by atoms with Gasteiger partial charge in [-0.25, -0.2) is 0 Å². The molecule has 0 fully saturated rings. The van der Waals surface area contributed by atoms with Gasteiger partial charge >= 0.3 is 0 Å². The summed E-state index contributed by atoms with van der Waals surface area (Å²) in [5.74, 6) is 0.662. The van der Waals surface area contributed by atoms with Gasteiger partial charge in [0.2, 0.25) is 0 Å². The van der Waals surface area contributed by atoms with Crippen LogP contribution in [0.5, 0.6) is 0 Å². The van der Waals surface area contributed by atoms with Crippen LogP contribution in [0.3, 0.4) is 0 Å². The van der Waals surface area contributed by atoms with Crippen molar-refractivity contribution in [3.63, 3.8) is 0 Å². The first kappa shape index (κ1) is 15.5. The predicted molar refractivity (Wildman–Crippen MR) is 81.6 cm³/mol. The van der Waals surface area contributed by atoms with Crippen molar-refractivity contribution in [1.29, 1.82) is 0 Å². The first-order chi connectivity index (χ1) is 9.13. The molecule has 3 nitrogen and oxygen atoms in total. The van der Waals surface area contributed by atoms with E-state index >= 15 is 0 Å². The molecule has 1 aromatic carbocycles. The van der Waals surface area contributed by atoms with Crippen molar-refractivity contribution in [3.05, 3.63) is 29.8 Å². The summed E-state index contributed by atoms with van der Waals surface area (Å²) in [7, 11) is 0. The number of anilines is 1. The van der Waals surface area contributed by atoms with E-state index in [1.807, 2.05) is 43.0 Å². The topological polar surface area (TPSA) is 32.3 Å². The number of rotatable bonds is 7. The normalized spacial score (nSPS) is 12.0. The lowest BCUT2D eigenvalue weighted by Gasteiger charge is -2.25. The zero-order valence-electron chi connectivity index (χ0n) is 12.6. The molecule has 1 unspecified atom stereocenters. The van der Waals surface area contributed by atoms with Crippen molar-refractivity contribution < 1.29 is 4.79 Å². The standard InChI is InChI=1S/C16H26N2O/c1-5-13(4)12-18(7-3)16(19)14-10-8-9-11-15(14)17-6-2/h8-11,13,17H,5-7,12H2,1-4H3. The lowest BCUT2D eigenvalue weighted by atomic mass is 10.1. The summed E-state index contributed by atoms with van der Waals surface area (Å²) in [6.07, 6.45) is 1.10. The zero-order chi connectivity index (χ0) is 14.3. The van der Waals surface area contributed by atoms with Crippen LogP contribution in [0.1, 0.15) is 44.5 Å². The molecule has 0 aliphatic carbocycles. The minimum absolute atomic E-state index is 0.124. The molecule has 0 bridgehead atoms. The van der Waals surface area contributed by atoms with E-state index in [4.69, 9.17) is 0 Å². The largest absolute Gasteiger partial charge is 0.385 e. The van der Waals surface area contributed by atoms with Gasteiger partial charge in [0.05, 0.1) is 5.56 Å². The van der Waals surface area contributed by atoms with Crippen LogP contribution in [0.15, 0.2) is 24.3 Å². The highest BCUT2D eigenvalue weighted by Crippen LogP contribution is 2.18. The molecule has 19 heavy (non-hydrogen) atoms. The minimum Gasteiger partial charge on any atom is -0.385 e. The molecule has 0 spiro atoms. The predicted octanol–water partition coefficient (Wildman–Crippen LogP) is 3.63. The molecular weight excluding hydrogens is 236 g/mol. The van der Waals surface area contributed by atoms with Gasteiger partial charge < -0.3 is 10.2 Å². The van der Waals surface area contributed by atoms with Crippen LogP contribution in [-0.4, -0.2) is 30.4 Å². The summed E-state index contributed by atoms with van der Waals surface area (Å²) >= 11 is 0. The van der Waals surface area contributed by atoms with Crippen molar-refractivity contribution >= 4 is 11.6 Å². The van der Waals surface area contributed by atoms with Crippen molar-refractivity contribution in [2.24, 2.45) is 5.92 Å². The molecule has 0 saturated carbocycles. The molecule has 1 N–H and O–H groups in total. The molecular formula is C16H26N2O. The Hall–Kier alpha value is -1.51. The third kappa shape index (κ3) is 4.27. The number of carbonyl (C=O) groups is 1. The molecule has 1 amide bonds. The number of carbonyl (C=O) groups excluding carboxylic acids is 1. The van der Waals surface area contributed by atoms with Gasteiger partial charge in [0.1, 0.15) is 0 Å². The van der Waals surface area contributed by atoms with Crippen LogP contribution in [0.4, 0.5) is 5.69 Å². The van der Waals surface area contributed by atoms with E-state index in [0.29, 0.717) is 5.92 Å². The fourth-order valence-corrected chi connectivity index (χ4v) is 2.05. The van der Waals surface area contributed by atoms with Gasteiger partial charge in [-0.1, -0.05) is 32.4 Å². The third-order valence-corrected chi connectivity index (χ3v) is 3.42. The third-order valence-electron chi connectivity index (χ3n) is 3.42. The monoisotopic (exact) mass is 262 g/mol. The van der Waals surface area contributed by atoms with Crippen LogP contribution >= 0.6 is 0 Å². The molecule has 0 saturated heterocycles. The number of benzene rings is 1. The second-order valence-electron chi connectivity index (χ2n) is 4.93. The van der Waals surface area contributed by atoms with E-state index in [0.717, 1.165) is 37.3 Å². The van der Waals surface area contributed by atoms with Crippen molar-refractivity contribution in [3.8, 4) is 0 Å². The van der Waals surface area contributed by atoms with Crippen LogP contribution in [0, 0.1) is 5.92 Å². The lowest BCUT2D eigenvalue weighted by molar-refractivity contribution is 0.0742. The molecule has 0 aromatic heterocycles. The maximum Gasteiger partial charge on any atom is 0.255 e. The Morgan fingerprint density at radius 3 is 2.53 bits per heavy atom. The second kappa shape index (κ2) is 7.82. The van der Waals surface area contributed by atoms with Crippen LogP contribution in [-0.2, 0) is 0 Å². The first-order valence-corrected chi connectivity index (χ1v) is 7.26. The van der Waals surface area contributed by atoms with Gasteiger partial charge in [0.25, 0.3) is 5.91 Å². The molecule has 1 rings (SSSR count). The molecule has 0 radical (unpaired) electrons. The van der Waals surface area contributed by atoms with Gasteiger partial charge in [0.15, 0.2) is 0 Å². The van der Waals surface area contributed by atoms with Gasteiger partial charge in [0, 0.05) is 25.3 Å². The molecule has 3 heteroatoms. The summed E-state index contributed by atoms with van der Waals surface area (Å²) in [6, 6.07) is 7.75. The quantitative estimate of drug-likeness (QED) is 0.814. The summed E-state index contributed by atoms with van der Waals surface area (Å²) in [5, 5.41) is 3.26. The Morgan fingerprint density at radius 2 is 1.95 bits per heavy atom. The number of hydrogen-bond donors (Lipinski definition) is 1. The average molecular weight is 262 g/mol. The first-order valence-electron chi connectivity index (χ1n) is 7.26. The number of amides is 1. The fourth-order valence-electron chi connectivity index (χ4n) is 2.05. The highest BCUT2D eigenvalue weighted by molar-refractivity contribution is 5.99. The Balaban J connectivity index is 2.90. The fraction of sp³-hybridized carbons (Fsp3) is 0.562. The van der Waals surface area contributed by atoms with E-state index in [-0.39, 0.29) is 5.91 Å². The molecule has 1 aromatic rings. The Kier molecular flexibility index (Phi) is 6.40. The number of nitrogens with one attached hydrogen (secondary N) is 1. The number of para-hydroxylation sites is 1. The maximum atomic E-state index is 12.6. The van der Waals surface area contributed by atoms with E-state index in [9.17, 15) is 4.79 Å². The van der Waals surface area contributed by atoms with Crippen LogP contribution < -0.4 is 5.32 Å². The molecule has 1 atom stereocenters. The summed E-state index contributed by atoms with van der Waals surface area (Å²) < 4.78 is 0. The lowest BCUT2D eigenvalue weighted by Crippen LogP contribution is -2.34. The highest BCUT2D eigenvalue weighted by Gasteiger charge is 2.18. The molecule has 0 aliphatic heterocycles. The highest BCUT2D eigenvalue weighted by atomic mass is 16.2. The van der Waals surface area contributed by atoms with Crippen molar-refractivity contribution in [2.45, 2.75) is 34.1 Å². The zero-order valence-corrected chi connectivity index (χ0v) is 12.6. The Bertz CT molecular complexity index is 403. The smallest absolute Gasteiger partial charge is 0.255 e. The summed E-state index contributed by atoms with van der Waals surface area (Å²) in [6.45, 7) is 10.8. The van der Waals surface area contributed by atoms with Crippen molar-refractivity contribution in [2.75, 3.05) is 25.0 Å². The van der Waals surface area contributed by atoms with Crippen molar-refractivity contribution in [1.82, 2.24) is 4.90 Å². The molecule has 106 valence electrons. The van der Waals surface area contributed by atoms with Gasteiger partial charge in [-0.3, -0.25) is 4.79 Å². The van der Waals surface area contributed by atoms with Gasteiger partial charge in [-0.05, 0) is 31.9 Å². The van der Waals surface area contributed by atoms with E-state index < -0.39 is 0 Å². The SMILES string of the molecule is CCNc1ccccc1C(=O)N(CC)CC(C)CC. The van der Waals surface area contributed by atoms with Gasteiger partial charge in [-0.2, -0.15) is 0 Å². The average Bonchev–Trinajstić information content (AvgIpc) is 2.44. The number of hydrogen-bond acceptors (Lipinski definition) is 2. The van der Waals surface area contributed by atoms with E-state index in [1.54, 1.807) is 0 Å². The Labute approximate surface area is 117 Å². The summed E-state index contributed by atoms with van der Waals surface area (Å²) in [5.41, 5.74) is 1.70. The van der Waals surface area contributed by atoms with E-state index in [1.165, 1.54) is 0 Å². The van der Waals surface area contributed by atoms with Crippen LogP contribution in [0.25, 0.3) is 0 Å².